The first kappa shape index (κ1) is 17.0. The molecule has 1 fully saturated rings. The van der Waals surface area contributed by atoms with Crippen LogP contribution in [-0.4, -0.2) is 29.2 Å². The normalized spacial score (nSPS) is 16.8. The Labute approximate surface area is 127 Å². The molecule has 1 saturated heterocycles. The molecule has 0 aromatic rings. The van der Waals surface area contributed by atoms with Crippen LogP contribution in [0.3, 0.4) is 0 Å². The fraction of sp³-hybridized carbons (Fsp3) is 0.938. The molecule has 2 nitrogen and oxygen atoms in total. The second-order valence-corrected chi connectivity index (χ2v) is 6.50. The van der Waals surface area contributed by atoms with Gasteiger partial charge >= 0.3 is 0 Å². The third-order valence-corrected chi connectivity index (χ3v) is 5.10. The SMILES string of the molecule is CCCCCCCCCC(=O)N1CCC(CBr)CC1. The van der Waals surface area contributed by atoms with Crippen molar-refractivity contribution >= 4 is 21.8 Å². The highest BCUT2D eigenvalue weighted by molar-refractivity contribution is 9.09. The van der Waals surface area contributed by atoms with Gasteiger partial charge in [-0.25, -0.2) is 0 Å². The molecule has 1 aliphatic rings. The minimum atomic E-state index is 0.390. The maximum atomic E-state index is 12.0. The van der Waals surface area contributed by atoms with Crippen LogP contribution in [0.25, 0.3) is 0 Å². The first-order valence-electron chi connectivity index (χ1n) is 8.11. The summed E-state index contributed by atoms with van der Waals surface area (Å²) in [6.07, 6.45) is 12.1. The maximum absolute atomic E-state index is 12.0. The number of hydrogen-bond donors (Lipinski definition) is 0. The molecule has 1 amide bonds. The first-order valence-corrected chi connectivity index (χ1v) is 9.23. The zero-order valence-electron chi connectivity index (χ0n) is 12.5. The van der Waals surface area contributed by atoms with E-state index in [1.165, 1.54) is 51.4 Å². The molecule has 0 aliphatic carbocycles. The van der Waals surface area contributed by atoms with Crippen LogP contribution >= 0.6 is 15.9 Å². The van der Waals surface area contributed by atoms with E-state index in [1.54, 1.807) is 0 Å². The highest BCUT2D eigenvalue weighted by Crippen LogP contribution is 2.20. The summed E-state index contributed by atoms with van der Waals surface area (Å²) in [6.45, 7) is 4.20. The number of carbonyl (C=O) groups excluding carboxylic acids is 1. The molecular weight excluding hydrogens is 302 g/mol. The smallest absolute Gasteiger partial charge is 0.222 e. The standard InChI is InChI=1S/C16H30BrNO/c1-2-3-4-5-6-7-8-9-16(19)18-12-10-15(14-17)11-13-18/h15H,2-14H2,1H3. The van der Waals surface area contributed by atoms with E-state index >= 15 is 0 Å². The van der Waals surface area contributed by atoms with Crippen molar-refractivity contribution in [3.05, 3.63) is 0 Å². The molecule has 0 aromatic heterocycles. The molecule has 0 radical (unpaired) electrons. The van der Waals surface area contributed by atoms with Gasteiger partial charge in [-0.3, -0.25) is 4.79 Å². The second kappa shape index (κ2) is 10.7. The zero-order chi connectivity index (χ0) is 13.9. The van der Waals surface area contributed by atoms with E-state index in [0.29, 0.717) is 5.91 Å². The predicted molar refractivity (Wildman–Crippen MR) is 85.7 cm³/mol. The average Bonchev–Trinajstić information content (AvgIpc) is 2.46. The lowest BCUT2D eigenvalue weighted by Gasteiger charge is -2.31. The van der Waals surface area contributed by atoms with Gasteiger partial charge < -0.3 is 4.90 Å². The summed E-state index contributed by atoms with van der Waals surface area (Å²) < 4.78 is 0. The molecule has 1 heterocycles. The fourth-order valence-electron chi connectivity index (χ4n) is 2.73. The Kier molecular flexibility index (Phi) is 9.58. The highest BCUT2D eigenvalue weighted by Gasteiger charge is 2.21. The molecule has 0 spiro atoms. The number of likely N-dealkylation sites (tertiary alicyclic amines) is 1. The van der Waals surface area contributed by atoms with Crippen molar-refractivity contribution in [1.82, 2.24) is 4.90 Å². The summed E-state index contributed by atoms with van der Waals surface area (Å²) in [5.41, 5.74) is 0. The third-order valence-electron chi connectivity index (χ3n) is 4.18. The molecule has 1 aliphatic heterocycles. The van der Waals surface area contributed by atoms with Crippen LogP contribution in [0.4, 0.5) is 0 Å². The van der Waals surface area contributed by atoms with Gasteiger partial charge in [-0.05, 0) is 25.2 Å². The van der Waals surface area contributed by atoms with Crippen LogP contribution < -0.4 is 0 Å². The summed E-state index contributed by atoms with van der Waals surface area (Å²) in [4.78, 5) is 14.1. The maximum Gasteiger partial charge on any atom is 0.222 e. The zero-order valence-corrected chi connectivity index (χ0v) is 14.1. The van der Waals surface area contributed by atoms with Crippen molar-refractivity contribution < 1.29 is 4.79 Å². The van der Waals surface area contributed by atoms with Gasteiger partial charge in [-0.15, -0.1) is 0 Å². The van der Waals surface area contributed by atoms with E-state index in [2.05, 4.69) is 27.8 Å². The van der Waals surface area contributed by atoms with Crippen molar-refractivity contribution in [2.75, 3.05) is 18.4 Å². The van der Waals surface area contributed by atoms with Gasteiger partial charge in [-0.1, -0.05) is 61.4 Å². The lowest BCUT2D eigenvalue weighted by molar-refractivity contribution is -0.132. The number of alkyl halides is 1. The number of amides is 1. The summed E-state index contributed by atoms with van der Waals surface area (Å²) in [6, 6.07) is 0. The number of unbranched alkanes of at least 4 members (excludes halogenated alkanes) is 6. The van der Waals surface area contributed by atoms with Crippen molar-refractivity contribution in [3.63, 3.8) is 0 Å². The van der Waals surface area contributed by atoms with Crippen LogP contribution in [0.5, 0.6) is 0 Å². The molecule has 0 bridgehead atoms. The molecule has 3 heteroatoms. The Balaban J connectivity index is 1.99. The monoisotopic (exact) mass is 331 g/mol. The lowest BCUT2D eigenvalue weighted by Crippen LogP contribution is -2.38. The molecule has 112 valence electrons. The van der Waals surface area contributed by atoms with Crippen LogP contribution in [0.1, 0.15) is 71.1 Å². The van der Waals surface area contributed by atoms with E-state index in [9.17, 15) is 4.79 Å². The number of piperidine rings is 1. The molecule has 1 rings (SSSR count). The lowest BCUT2D eigenvalue weighted by atomic mass is 9.98. The topological polar surface area (TPSA) is 20.3 Å². The minimum Gasteiger partial charge on any atom is -0.343 e. The van der Waals surface area contributed by atoms with E-state index in [4.69, 9.17) is 0 Å². The molecular formula is C16H30BrNO. The van der Waals surface area contributed by atoms with Crippen molar-refractivity contribution in [1.29, 1.82) is 0 Å². The summed E-state index contributed by atoms with van der Waals surface area (Å²) in [5, 5.41) is 1.09. The van der Waals surface area contributed by atoms with Gasteiger partial charge in [0.05, 0.1) is 0 Å². The van der Waals surface area contributed by atoms with Crippen molar-refractivity contribution in [2.45, 2.75) is 71.1 Å². The van der Waals surface area contributed by atoms with E-state index in [-0.39, 0.29) is 0 Å². The van der Waals surface area contributed by atoms with Gasteiger partial charge in [0, 0.05) is 24.8 Å². The second-order valence-electron chi connectivity index (χ2n) is 5.85. The molecule has 0 unspecified atom stereocenters. The number of hydrogen-bond acceptors (Lipinski definition) is 1. The van der Waals surface area contributed by atoms with E-state index in [0.717, 1.165) is 37.2 Å². The molecule has 0 saturated carbocycles. The van der Waals surface area contributed by atoms with Crippen LogP contribution in [-0.2, 0) is 4.79 Å². The van der Waals surface area contributed by atoms with Crippen LogP contribution in [0, 0.1) is 5.92 Å². The molecule has 0 N–H and O–H groups in total. The van der Waals surface area contributed by atoms with Gasteiger partial charge in [-0.2, -0.15) is 0 Å². The number of carbonyl (C=O) groups is 1. The van der Waals surface area contributed by atoms with Gasteiger partial charge in [0.25, 0.3) is 0 Å². The number of nitrogens with zero attached hydrogens (tertiary/aromatic N) is 1. The fourth-order valence-corrected chi connectivity index (χ4v) is 3.38. The first-order chi connectivity index (χ1) is 9.27. The Morgan fingerprint density at radius 1 is 1.05 bits per heavy atom. The average molecular weight is 332 g/mol. The quantitative estimate of drug-likeness (QED) is 0.440. The van der Waals surface area contributed by atoms with Crippen molar-refractivity contribution in [3.8, 4) is 0 Å². The number of rotatable bonds is 9. The Hall–Kier alpha value is -0.0500. The Morgan fingerprint density at radius 3 is 2.21 bits per heavy atom. The van der Waals surface area contributed by atoms with E-state index < -0.39 is 0 Å². The summed E-state index contributed by atoms with van der Waals surface area (Å²) >= 11 is 3.54. The van der Waals surface area contributed by atoms with Gasteiger partial charge in [0.1, 0.15) is 0 Å². The predicted octanol–water partition coefficient (Wildman–Crippen LogP) is 4.76. The molecule has 0 atom stereocenters. The molecule has 0 aromatic carbocycles. The minimum absolute atomic E-state index is 0.390. The van der Waals surface area contributed by atoms with Crippen molar-refractivity contribution in [2.24, 2.45) is 5.92 Å². The Morgan fingerprint density at radius 2 is 1.63 bits per heavy atom. The Bertz CT molecular complexity index is 237. The summed E-state index contributed by atoms with van der Waals surface area (Å²) in [5.74, 6) is 1.17. The molecule has 19 heavy (non-hydrogen) atoms. The largest absolute Gasteiger partial charge is 0.343 e. The van der Waals surface area contributed by atoms with Crippen LogP contribution in [0.2, 0.25) is 0 Å². The van der Waals surface area contributed by atoms with Crippen LogP contribution in [0.15, 0.2) is 0 Å². The number of halogens is 1. The highest BCUT2D eigenvalue weighted by atomic mass is 79.9. The van der Waals surface area contributed by atoms with Gasteiger partial charge in [0.15, 0.2) is 0 Å². The van der Waals surface area contributed by atoms with E-state index in [1.807, 2.05) is 0 Å². The third kappa shape index (κ3) is 7.34. The summed E-state index contributed by atoms with van der Waals surface area (Å²) in [7, 11) is 0. The van der Waals surface area contributed by atoms with Gasteiger partial charge in [0.2, 0.25) is 5.91 Å².